The summed E-state index contributed by atoms with van der Waals surface area (Å²) in [5.74, 6) is -0.206. The van der Waals surface area contributed by atoms with Crippen molar-refractivity contribution in [3.63, 3.8) is 0 Å². The quantitative estimate of drug-likeness (QED) is 0.168. The van der Waals surface area contributed by atoms with E-state index in [-0.39, 0.29) is 30.4 Å². The zero-order valence-electron chi connectivity index (χ0n) is 20.6. The number of esters is 1. The fourth-order valence-electron chi connectivity index (χ4n) is 4.08. The molecule has 2 N–H and O–H groups in total. The summed E-state index contributed by atoms with van der Waals surface area (Å²) in [5.41, 5.74) is 1.24. The van der Waals surface area contributed by atoms with Crippen LogP contribution < -0.4 is 5.32 Å². The molecule has 0 fully saturated rings. The molecule has 9 heteroatoms. The Balaban J connectivity index is 1.37. The molecule has 0 spiro atoms. The molecule has 1 amide bonds. The Kier molecular flexibility index (Phi) is 8.78. The van der Waals surface area contributed by atoms with Crippen molar-refractivity contribution in [3.05, 3.63) is 101 Å². The molecule has 3 aromatic carbocycles. The van der Waals surface area contributed by atoms with E-state index in [0.717, 1.165) is 17.7 Å². The topological polar surface area (TPSA) is 84.1 Å². The number of hydrogen-bond acceptors (Lipinski definition) is 4. The molecule has 0 radical (unpaired) electrons. The first-order valence-corrected chi connectivity index (χ1v) is 12.4. The van der Waals surface area contributed by atoms with Gasteiger partial charge in [-0.25, -0.2) is 4.98 Å². The number of unbranched alkanes of at least 4 members (excludes halogenated alkanes) is 2. The molecule has 0 aliphatic heterocycles. The molecule has 4 rings (SSSR count). The zero-order chi connectivity index (χ0) is 27.0. The summed E-state index contributed by atoms with van der Waals surface area (Å²) in [6.07, 6.45) is -1.72. The molecule has 0 unspecified atom stereocenters. The van der Waals surface area contributed by atoms with Crippen LogP contribution in [0.4, 0.5) is 13.2 Å². The lowest BCUT2D eigenvalue weighted by atomic mass is 10.1. The summed E-state index contributed by atoms with van der Waals surface area (Å²) in [7, 11) is 0. The highest BCUT2D eigenvalue weighted by Gasteiger charge is 2.31. The largest absolute Gasteiger partial charge is 0.461 e. The van der Waals surface area contributed by atoms with Crippen molar-refractivity contribution in [3.8, 4) is 0 Å². The van der Waals surface area contributed by atoms with Crippen LogP contribution in [0.25, 0.3) is 11.0 Å². The van der Waals surface area contributed by atoms with E-state index < -0.39 is 17.8 Å². The van der Waals surface area contributed by atoms with E-state index in [2.05, 4.69) is 15.3 Å². The summed E-state index contributed by atoms with van der Waals surface area (Å²) >= 11 is 0. The molecule has 1 atom stereocenters. The Morgan fingerprint density at radius 1 is 0.921 bits per heavy atom. The average Bonchev–Trinajstić information content (AvgIpc) is 3.35. The van der Waals surface area contributed by atoms with Crippen LogP contribution in [-0.4, -0.2) is 21.8 Å². The molecule has 0 saturated carbocycles. The number of benzene rings is 3. The number of fused-ring (bicyclic) bond motifs is 1. The number of aromatic nitrogens is 2. The number of rotatable bonds is 11. The molecule has 0 aliphatic rings. The van der Waals surface area contributed by atoms with E-state index in [1.165, 1.54) is 6.07 Å². The van der Waals surface area contributed by atoms with Crippen LogP contribution in [-0.2, 0) is 22.3 Å². The molecular formula is C29H28F3N3O3. The van der Waals surface area contributed by atoms with Crippen LogP contribution in [0.15, 0.2) is 78.9 Å². The maximum atomic E-state index is 13.1. The van der Waals surface area contributed by atoms with Crippen molar-refractivity contribution in [2.75, 3.05) is 0 Å². The number of nitrogens with zero attached hydrogens (tertiary/aromatic N) is 1. The predicted octanol–water partition coefficient (Wildman–Crippen LogP) is 6.75. The zero-order valence-corrected chi connectivity index (χ0v) is 20.6. The highest BCUT2D eigenvalue weighted by atomic mass is 19.4. The third kappa shape index (κ3) is 7.44. The van der Waals surface area contributed by atoms with E-state index in [4.69, 9.17) is 4.74 Å². The lowest BCUT2D eigenvalue weighted by Gasteiger charge is -2.17. The van der Waals surface area contributed by atoms with Crippen LogP contribution in [0.1, 0.15) is 65.5 Å². The SMILES string of the molecule is O=C(CCCCC[C@H](NC(=O)c1ccccc1)c1nc2ccc(C(F)(F)F)cc2[nH]1)OCc1ccccc1. The number of ether oxygens (including phenoxy) is 1. The lowest BCUT2D eigenvalue weighted by molar-refractivity contribution is -0.145. The van der Waals surface area contributed by atoms with Gasteiger partial charge in [0.05, 0.1) is 22.6 Å². The Labute approximate surface area is 218 Å². The molecule has 38 heavy (non-hydrogen) atoms. The van der Waals surface area contributed by atoms with Crippen LogP contribution >= 0.6 is 0 Å². The first-order chi connectivity index (χ1) is 18.3. The summed E-state index contributed by atoms with van der Waals surface area (Å²) < 4.78 is 44.7. The van der Waals surface area contributed by atoms with Gasteiger partial charge in [-0.05, 0) is 48.7 Å². The molecule has 1 aromatic heterocycles. The Hall–Kier alpha value is -4.14. The van der Waals surface area contributed by atoms with Crippen LogP contribution in [0, 0.1) is 0 Å². The number of aromatic amines is 1. The van der Waals surface area contributed by atoms with E-state index in [0.29, 0.717) is 42.6 Å². The van der Waals surface area contributed by atoms with Crippen LogP contribution in [0.5, 0.6) is 0 Å². The van der Waals surface area contributed by atoms with E-state index >= 15 is 0 Å². The van der Waals surface area contributed by atoms with Gasteiger partial charge in [0.25, 0.3) is 5.91 Å². The Bertz CT molecular complexity index is 1360. The number of nitrogens with one attached hydrogen (secondary N) is 2. The van der Waals surface area contributed by atoms with Gasteiger partial charge in [0.2, 0.25) is 0 Å². The number of H-pyrrole nitrogens is 1. The monoisotopic (exact) mass is 523 g/mol. The summed E-state index contributed by atoms with van der Waals surface area (Å²) in [6, 6.07) is 20.9. The van der Waals surface area contributed by atoms with Crippen LogP contribution in [0.3, 0.4) is 0 Å². The second-order valence-electron chi connectivity index (χ2n) is 8.99. The number of halogens is 3. The highest BCUT2D eigenvalue weighted by Crippen LogP contribution is 2.31. The van der Waals surface area contributed by atoms with Gasteiger partial charge in [0.15, 0.2) is 0 Å². The number of carbonyl (C=O) groups is 2. The molecule has 0 bridgehead atoms. The third-order valence-electron chi connectivity index (χ3n) is 6.12. The molecule has 0 aliphatic carbocycles. The van der Waals surface area contributed by atoms with E-state index in [9.17, 15) is 22.8 Å². The highest BCUT2D eigenvalue weighted by molar-refractivity contribution is 5.94. The van der Waals surface area contributed by atoms with Crippen molar-refractivity contribution < 1.29 is 27.5 Å². The minimum absolute atomic E-state index is 0.232. The Morgan fingerprint density at radius 3 is 2.34 bits per heavy atom. The minimum Gasteiger partial charge on any atom is -0.461 e. The van der Waals surface area contributed by atoms with E-state index in [1.54, 1.807) is 30.3 Å². The van der Waals surface area contributed by atoms with Gasteiger partial charge in [-0.15, -0.1) is 0 Å². The molecule has 0 saturated heterocycles. The summed E-state index contributed by atoms with van der Waals surface area (Å²) in [6.45, 7) is 0.232. The van der Waals surface area contributed by atoms with Gasteiger partial charge in [0, 0.05) is 12.0 Å². The first-order valence-electron chi connectivity index (χ1n) is 12.4. The molecule has 4 aromatic rings. The number of carbonyl (C=O) groups excluding carboxylic acids is 2. The summed E-state index contributed by atoms with van der Waals surface area (Å²) in [5, 5.41) is 2.95. The number of alkyl halides is 3. The molecule has 198 valence electrons. The minimum atomic E-state index is -4.47. The maximum Gasteiger partial charge on any atom is 0.416 e. The van der Waals surface area contributed by atoms with Gasteiger partial charge in [-0.1, -0.05) is 61.4 Å². The molecule has 6 nitrogen and oxygen atoms in total. The number of hydrogen-bond donors (Lipinski definition) is 2. The smallest absolute Gasteiger partial charge is 0.416 e. The molecular weight excluding hydrogens is 495 g/mol. The Morgan fingerprint density at radius 2 is 1.63 bits per heavy atom. The van der Waals surface area contributed by atoms with Crippen molar-refractivity contribution >= 4 is 22.9 Å². The second kappa shape index (κ2) is 12.4. The normalized spacial score (nSPS) is 12.3. The van der Waals surface area contributed by atoms with Gasteiger partial charge in [0.1, 0.15) is 12.4 Å². The first kappa shape index (κ1) is 26.9. The number of amides is 1. The standard InChI is InChI=1S/C29H28F3N3O3/c30-29(31,32)22-16-17-23-25(18-22)34-27(33-23)24(35-28(37)21-12-6-2-7-13-21)14-8-3-9-15-26(36)38-19-20-10-4-1-5-11-20/h1-2,4-7,10-13,16-18,24H,3,8-9,14-15,19H2,(H,33,34)(H,35,37)/t24-/m0/s1. The molecule has 1 heterocycles. The predicted molar refractivity (Wildman–Crippen MR) is 137 cm³/mol. The lowest BCUT2D eigenvalue weighted by Crippen LogP contribution is -2.29. The van der Waals surface area contributed by atoms with E-state index in [1.807, 2.05) is 30.3 Å². The van der Waals surface area contributed by atoms with Crippen molar-refractivity contribution in [2.45, 2.75) is 50.9 Å². The number of imidazole rings is 1. The van der Waals surface area contributed by atoms with Crippen LogP contribution in [0.2, 0.25) is 0 Å². The van der Waals surface area contributed by atoms with Crippen molar-refractivity contribution in [2.24, 2.45) is 0 Å². The summed E-state index contributed by atoms with van der Waals surface area (Å²) in [4.78, 5) is 32.3. The van der Waals surface area contributed by atoms with Gasteiger partial charge >= 0.3 is 12.1 Å². The van der Waals surface area contributed by atoms with Gasteiger partial charge < -0.3 is 15.0 Å². The second-order valence-corrected chi connectivity index (χ2v) is 8.99. The fourth-order valence-corrected chi connectivity index (χ4v) is 4.08. The van der Waals surface area contributed by atoms with Gasteiger partial charge in [-0.2, -0.15) is 13.2 Å². The van der Waals surface area contributed by atoms with Crippen molar-refractivity contribution in [1.82, 2.24) is 15.3 Å². The van der Waals surface area contributed by atoms with Crippen molar-refractivity contribution in [1.29, 1.82) is 0 Å². The van der Waals surface area contributed by atoms with Gasteiger partial charge in [-0.3, -0.25) is 9.59 Å². The third-order valence-corrected chi connectivity index (χ3v) is 6.12. The maximum absolute atomic E-state index is 13.1. The average molecular weight is 524 g/mol. The fraction of sp³-hybridized carbons (Fsp3) is 0.276.